The van der Waals surface area contributed by atoms with Crippen LogP contribution in [0.25, 0.3) is 0 Å². The van der Waals surface area contributed by atoms with Crippen molar-refractivity contribution in [1.29, 1.82) is 0 Å². The molecule has 0 saturated carbocycles. The summed E-state index contributed by atoms with van der Waals surface area (Å²) in [5, 5.41) is 9.82. The summed E-state index contributed by atoms with van der Waals surface area (Å²) in [4.78, 5) is 2.07. The van der Waals surface area contributed by atoms with E-state index in [1.807, 2.05) is 6.07 Å². The Morgan fingerprint density at radius 3 is 2.50 bits per heavy atom. The number of hydrogen-bond acceptors (Lipinski definition) is 3. The van der Waals surface area contributed by atoms with Crippen molar-refractivity contribution in [3.05, 3.63) is 28.8 Å². The standard InChI is InChI=1S/C15H19ClF3NO2/c1-22-13-3-2-10(8-12(13)16)9-20-6-4-11(5-7-20)14(21)15(17,18)19/h2-3,8,11,14,21H,4-7,9H2,1H3. The van der Waals surface area contributed by atoms with Gasteiger partial charge in [-0.1, -0.05) is 17.7 Å². The number of aliphatic hydroxyl groups excluding tert-OH is 1. The monoisotopic (exact) mass is 337 g/mol. The van der Waals surface area contributed by atoms with Crippen LogP contribution in [0.4, 0.5) is 13.2 Å². The highest BCUT2D eigenvalue weighted by Crippen LogP contribution is 2.32. The van der Waals surface area contributed by atoms with Gasteiger partial charge in [-0.15, -0.1) is 0 Å². The topological polar surface area (TPSA) is 32.7 Å². The van der Waals surface area contributed by atoms with E-state index < -0.39 is 18.2 Å². The van der Waals surface area contributed by atoms with E-state index in [1.54, 1.807) is 12.1 Å². The lowest BCUT2D eigenvalue weighted by Crippen LogP contribution is -2.43. The van der Waals surface area contributed by atoms with Crippen LogP contribution in [0.2, 0.25) is 5.02 Å². The fourth-order valence-corrected chi connectivity index (χ4v) is 3.04. The molecule has 0 aromatic heterocycles. The van der Waals surface area contributed by atoms with Crippen molar-refractivity contribution in [2.45, 2.75) is 31.7 Å². The predicted molar refractivity (Wildman–Crippen MR) is 78.1 cm³/mol. The SMILES string of the molecule is COc1ccc(CN2CCC(C(O)C(F)(F)F)CC2)cc1Cl. The molecule has 0 spiro atoms. The maximum absolute atomic E-state index is 12.5. The lowest BCUT2D eigenvalue weighted by Gasteiger charge is -2.34. The van der Waals surface area contributed by atoms with E-state index in [0.717, 1.165) is 5.56 Å². The Labute approximate surface area is 132 Å². The average Bonchev–Trinajstić information content (AvgIpc) is 2.46. The lowest BCUT2D eigenvalue weighted by molar-refractivity contribution is -0.223. The highest BCUT2D eigenvalue weighted by molar-refractivity contribution is 6.32. The molecule has 7 heteroatoms. The first kappa shape index (κ1) is 17.4. The second-order valence-electron chi connectivity index (χ2n) is 5.57. The average molecular weight is 338 g/mol. The first-order valence-electron chi connectivity index (χ1n) is 7.11. The third kappa shape index (κ3) is 4.27. The van der Waals surface area contributed by atoms with Crippen LogP contribution in [0.15, 0.2) is 18.2 Å². The van der Waals surface area contributed by atoms with Crippen molar-refractivity contribution >= 4 is 11.6 Å². The van der Waals surface area contributed by atoms with E-state index in [2.05, 4.69) is 4.90 Å². The van der Waals surface area contributed by atoms with Crippen molar-refractivity contribution in [3.8, 4) is 5.75 Å². The summed E-state index contributed by atoms with van der Waals surface area (Å²) in [7, 11) is 1.54. The van der Waals surface area contributed by atoms with Crippen LogP contribution < -0.4 is 4.74 Å². The van der Waals surface area contributed by atoms with E-state index in [4.69, 9.17) is 16.3 Å². The van der Waals surface area contributed by atoms with E-state index in [1.165, 1.54) is 7.11 Å². The van der Waals surface area contributed by atoms with Crippen LogP contribution in [0, 0.1) is 5.92 Å². The maximum Gasteiger partial charge on any atom is 0.414 e. The molecule has 2 rings (SSSR count). The zero-order valence-corrected chi connectivity index (χ0v) is 13.0. The number of ether oxygens (including phenoxy) is 1. The molecule has 1 atom stereocenters. The Balaban J connectivity index is 1.89. The van der Waals surface area contributed by atoms with Crippen LogP contribution in [0.1, 0.15) is 18.4 Å². The molecule has 1 heterocycles. The van der Waals surface area contributed by atoms with Gasteiger partial charge in [0.15, 0.2) is 6.10 Å². The molecule has 1 saturated heterocycles. The molecule has 1 aliphatic rings. The molecule has 1 N–H and O–H groups in total. The molecule has 1 unspecified atom stereocenters. The molecule has 0 radical (unpaired) electrons. The molecule has 22 heavy (non-hydrogen) atoms. The number of aliphatic hydroxyl groups is 1. The molecule has 0 aliphatic carbocycles. The zero-order valence-electron chi connectivity index (χ0n) is 12.2. The molecule has 0 bridgehead atoms. The third-order valence-corrected chi connectivity index (χ3v) is 4.33. The largest absolute Gasteiger partial charge is 0.495 e. The van der Waals surface area contributed by atoms with Gasteiger partial charge in [-0.3, -0.25) is 4.90 Å². The summed E-state index contributed by atoms with van der Waals surface area (Å²) >= 11 is 6.06. The Hall–Kier alpha value is -0.980. The van der Waals surface area contributed by atoms with Crippen LogP contribution in [0.3, 0.4) is 0 Å². The molecule has 1 aliphatic heterocycles. The third-order valence-electron chi connectivity index (χ3n) is 4.04. The number of benzene rings is 1. The summed E-state index contributed by atoms with van der Waals surface area (Å²) < 4.78 is 42.6. The molecule has 0 amide bonds. The minimum Gasteiger partial charge on any atom is -0.495 e. The number of alkyl halides is 3. The summed E-state index contributed by atoms with van der Waals surface area (Å²) in [6.07, 6.45) is -6.07. The van der Waals surface area contributed by atoms with Crippen molar-refractivity contribution in [2.75, 3.05) is 20.2 Å². The van der Waals surface area contributed by atoms with Gasteiger partial charge in [-0.05, 0) is 49.5 Å². The first-order chi connectivity index (χ1) is 10.3. The second-order valence-corrected chi connectivity index (χ2v) is 5.98. The van der Waals surface area contributed by atoms with Gasteiger partial charge in [0.05, 0.1) is 12.1 Å². The van der Waals surface area contributed by atoms with Gasteiger partial charge in [0.1, 0.15) is 5.75 Å². The van der Waals surface area contributed by atoms with Crippen molar-refractivity contribution in [1.82, 2.24) is 4.90 Å². The van der Waals surface area contributed by atoms with E-state index >= 15 is 0 Å². The fourth-order valence-electron chi connectivity index (χ4n) is 2.76. The molecular weight excluding hydrogens is 319 g/mol. The minimum absolute atomic E-state index is 0.338. The van der Waals surface area contributed by atoms with E-state index in [-0.39, 0.29) is 0 Å². The number of rotatable bonds is 4. The van der Waals surface area contributed by atoms with E-state index in [9.17, 15) is 18.3 Å². The van der Waals surface area contributed by atoms with Gasteiger partial charge < -0.3 is 9.84 Å². The number of likely N-dealkylation sites (tertiary alicyclic amines) is 1. The number of methoxy groups -OCH3 is 1. The highest BCUT2D eigenvalue weighted by Gasteiger charge is 2.44. The second kappa shape index (κ2) is 7.06. The van der Waals surface area contributed by atoms with Gasteiger partial charge in [0, 0.05) is 6.54 Å². The molecule has 124 valence electrons. The minimum atomic E-state index is -4.53. The summed E-state index contributed by atoms with van der Waals surface area (Å²) in [5.74, 6) is -0.117. The lowest BCUT2D eigenvalue weighted by atomic mass is 9.90. The number of hydrogen-bond donors (Lipinski definition) is 1. The first-order valence-corrected chi connectivity index (χ1v) is 7.48. The number of halogens is 4. The van der Waals surface area contributed by atoms with Gasteiger partial charge in [-0.2, -0.15) is 13.2 Å². The zero-order chi connectivity index (χ0) is 16.3. The molecule has 1 aromatic rings. The molecular formula is C15H19ClF3NO2. The van der Waals surface area contributed by atoms with E-state index in [0.29, 0.717) is 43.2 Å². The molecule has 1 aromatic carbocycles. The van der Waals surface area contributed by atoms with Crippen LogP contribution in [-0.4, -0.2) is 42.5 Å². The van der Waals surface area contributed by atoms with Crippen molar-refractivity contribution in [2.24, 2.45) is 5.92 Å². The molecule has 1 fully saturated rings. The van der Waals surface area contributed by atoms with Gasteiger partial charge >= 0.3 is 6.18 Å². The van der Waals surface area contributed by atoms with Crippen molar-refractivity contribution < 1.29 is 23.0 Å². The van der Waals surface area contributed by atoms with Gasteiger partial charge in [0.2, 0.25) is 0 Å². The Kier molecular flexibility index (Phi) is 5.58. The Morgan fingerprint density at radius 2 is 2.00 bits per heavy atom. The summed E-state index contributed by atoms with van der Waals surface area (Å²) in [6.45, 7) is 1.68. The van der Waals surface area contributed by atoms with Crippen LogP contribution >= 0.6 is 11.6 Å². The van der Waals surface area contributed by atoms with Crippen LogP contribution in [0.5, 0.6) is 5.75 Å². The summed E-state index contributed by atoms with van der Waals surface area (Å²) in [6, 6.07) is 5.47. The fraction of sp³-hybridized carbons (Fsp3) is 0.600. The summed E-state index contributed by atoms with van der Waals surface area (Å²) in [5.41, 5.74) is 0.987. The predicted octanol–water partition coefficient (Wildman–Crippen LogP) is 3.48. The molecule has 3 nitrogen and oxygen atoms in total. The Bertz CT molecular complexity index is 502. The quantitative estimate of drug-likeness (QED) is 0.913. The Morgan fingerprint density at radius 1 is 1.36 bits per heavy atom. The highest BCUT2D eigenvalue weighted by atomic mass is 35.5. The number of nitrogens with zero attached hydrogens (tertiary/aromatic N) is 1. The van der Waals surface area contributed by atoms with Crippen LogP contribution in [-0.2, 0) is 6.54 Å². The van der Waals surface area contributed by atoms with Gasteiger partial charge in [0.25, 0.3) is 0 Å². The van der Waals surface area contributed by atoms with Gasteiger partial charge in [-0.25, -0.2) is 0 Å². The maximum atomic E-state index is 12.5. The number of piperidine rings is 1. The van der Waals surface area contributed by atoms with Crippen molar-refractivity contribution in [3.63, 3.8) is 0 Å². The smallest absolute Gasteiger partial charge is 0.414 e. The normalized spacial score (nSPS) is 19.2.